The quantitative estimate of drug-likeness (QED) is 0.390. The zero-order valence-electron chi connectivity index (χ0n) is 21.1. The van der Waals surface area contributed by atoms with Gasteiger partial charge >= 0.3 is 6.29 Å². The molecule has 2 aliphatic rings. The number of benzene rings is 1. The van der Waals surface area contributed by atoms with E-state index in [2.05, 4.69) is 50.4 Å². The van der Waals surface area contributed by atoms with Crippen molar-refractivity contribution in [3.63, 3.8) is 0 Å². The zero-order valence-corrected chi connectivity index (χ0v) is 21.9. The number of alkyl halides is 2. The van der Waals surface area contributed by atoms with Crippen LogP contribution in [0.2, 0.25) is 0 Å². The Bertz CT molecular complexity index is 1240. The number of hydrogen-bond donors (Lipinski definition) is 1. The predicted octanol–water partition coefficient (Wildman–Crippen LogP) is 5.77. The van der Waals surface area contributed by atoms with Crippen LogP contribution in [0.5, 0.6) is 11.5 Å². The average molecular weight is 529 g/mol. The highest BCUT2D eigenvalue weighted by atomic mass is 32.2. The van der Waals surface area contributed by atoms with Crippen molar-refractivity contribution in [1.82, 2.24) is 20.2 Å². The summed E-state index contributed by atoms with van der Waals surface area (Å²) >= 11 is 1.72. The molecule has 5 rings (SSSR count). The van der Waals surface area contributed by atoms with E-state index in [1.165, 1.54) is 12.5 Å². The molecule has 2 aliphatic heterocycles. The third-order valence-electron chi connectivity index (χ3n) is 5.50. The van der Waals surface area contributed by atoms with Crippen LogP contribution in [0.4, 0.5) is 8.78 Å². The van der Waals surface area contributed by atoms with Crippen molar-refractivity contribution in [2.24, 2.45) is 0 Å². The van der Waals surface area contributed by atoms with Gasteiger partial charge in [0.2, 0.25) is 0 Å². The molecule has 1 aromatic carbocycles. The molecule has 2 aromatic heterocycles. The fourth-order valence-electron chi connectivity index (χ4n) is 3.95. The first-order valence-electron chi connectivity index (χ1n) is 12.2. The molecule has 0 saturated heterocycles. The molecule has 7 nitrogen and oxygen atoms in total. The first-order valence-corrected chi connectivity index (χ1v) is 13.2. The summed E-state index contributed by atoms with van der Waals surface area (Å²) in [6.07, 6.45) is 1.01. The number of fused-ring (bicyclic) bond motifs is 2. The van der Waals surface area contributed by atoms with Gasteiger partial charge in [-0.05, 0) is 47.2 Å². The van der Waals surface area contributed by atoms with E-state index in [4.69, 9.17) is 0 Å². The summed E-state index contributed by atoms with van der Waals surface area (Å²) in [5.41, 5.74) is 3.97. The fraction of sp³-hybridized carbons (Fsp3) is 0.370. The van der Waals surface area contributed by atoms with Crippen LogP contribution in [0.15, 0.2) is 53.7 Å². The minimum absolute atomic E-state index is 0.0294. The highest BCUT2D eigenvalue weighted by Crippen LogP contribution is 2.41. The van der Waals surface area contributed by atoms with Gasteiger partial charge in [-0.3, -0.25) is 19.7 Å². The average Bonchev–Trinajstić information content (AvgIpc) is 3.41. The van der Waals surface area contributed by atoms with Gasteiger partial charge in [-0.15, -0.1) is 20.5 Å². The second-order valence-corrected chi connectivity index (χ2v) is 10.1. The standard InChI is InChI=1S/C24H22F2N4O3S.C3H8/c1-2-34-19-5-4-18(27-11-19)10-29-23(31)16-8-17-13-30(14-20(17)28-9-16)12-15-3-6-21-22(7-15)33-24(25,26)32-21;1-3-2/h3-9,11H,2,10,12-14H2,1H3,(H,29,31);3H2,1-2H3. The number of nitrogens with zero attached hydrogens (tertiary/aromatic N) is 3. The monoisotopic (exact) mass is 528 g/mol. The van der Waals surface area contributed by atoms with Gasteiger partial charge < -0.3 is 14.8 Å². The van der Waals surface area contributed by atoms with E-state index >= 15 is 0 Å². The second-order valence-electron chi connectivity index (χ2n) is 8.73. The smallest absolute Gasteiger partial charge is 0.395 e. The predicted molar refractivity (Wildman–Crippen MR) is 138 cm³/mol. The van der Waals surface area contributed by atoms with Gasteiger partial charge in [0.15, 0.2) is 11.5 Å². The van der Waals surface area contributed by atoms with Gasteiger partial charge in [-0.25, -0.2) is 0 Å². The zero-order chi connectivity index (χ0) is 26.4. The van der Waals surface area contributed by atoms with E-state index in [-0.39, 0.29) is 17.4 Å². The summed E-state index contributed by atoms with van der Waals surface area (Å²) in [6.45, 7) is 8.41. The highest BCUT2D eigenvalue weighted by Gasteiger charge is 2.43. The third kappa shape index (κ3) is 6.95. The Labute approximate surface area is 219 Å². The maximum absolute atomic E-state index is 13.3. The fourth-order valence-corrected chi connectivity index (χ4v) is 4.58. The van der Waals surface area contributed by atoms with Gasteiger partial charge in [0.25, 0.3) is 5.91 Å². The Morgan fingerprint density at radius 3 is 2.57 bits per heavy atom. The first-order chi connectivity index (χ1) is 17.8. The van der Waals surface area contributed by atoms with E-state index in [9.17, 15) is 13.6 Å². The number of amides is 1. The van der Waals surface area contributed by atoms with Gasteiger partial charge in [-0.1, -0.05) is 33.3 Å². The lowest BCUT2D eigenvalue weighted by atomic mass is 10.1. The molecule has 37 heavy (non-hydrogen) atoms. The van der Waals surface area contributed by atoms with Crippen LogP contribution in [0.3, 0.4) is 0 Å². The molecule has 10 heteroatoms. The largest absolute Gasteiger partial charge is 0.586 e. The number of halogens is 2. The van der Waals surface area contributed by atoms with Crippen LogP contribution >= 0.6 is 11.8 Å². The Morgan fingerprint density at radius 2 is 1.84 bits per heavy atom. The molecule has 1 amide bonds. The van der Waals surface area contributed by atoms with Crippen LogP contribution in [0, 0.1) is 0 Å². The number of aromatic nitrogens is 2. The van der Waals surface area contributed by atoms with Gasteiger partial charge in [-0.2, -0.15) is 0 Å². The molecule has 0 saturated carbocycles. The molecule has 0 radical (unpaired) electrons. The maximum atomic E-state index is 13.3. The molecule has 0 aliphatic carbocycles. The lowest BCUT2D eigenvalue weighted by Crippen LogP contribution is -2.25. The Hall–Kier alpha value is -3.24. The lowest BCUT2D eigenvalue weighted by molar-refractivity contribution is -0.286. The van der Waals surface area contributed by atoms with Crippen LogP contribution in [-0.4, -0.2) is 32.8 Å². The van der Waals surface area contributed by atoms with E-state index in [0.29, 0.717) is 31.7 Å². The third-order valence-corrected chi connectivity index (χ3v) is 6.36. The van der Waals surface area contributed by atoms with E-state index in [1.54, 1.807) is 30.1 Å². The number of nitrogens with one attached hydrogen (secondary N) is 1. The summed E-state index contributed by atoms with van der Waals surface area (Å²) in [4.78, 5) is 24.7. The van der Waals surface area contributed by atoms with E-state index in [1.807, 2.05) is 24.4 Å². The molecule has 0 unspecified atom stereocenters. The van der Waals surface area contributed by atoms with E-state index < -0.39 is 6.29 Å². The van der Waals surface area contributed by atoms with Crippen molar-refractivity contribution in [2.75, 3.05) is 5.75 Å². The maximum Gasteiger partial charge on any atom is 0.586 e. The molecule has 0 atom stereocenters. The number of thioether (sulfide) groups is 1. The van der Waals surface area contributed by atoms with Crippen LogP contribution in [0.1, 0.15) is 60.1 Å². The van der Waals surface area contributed by atoms with Crippen LogP contribution in [0.25, 0.3) is 0 Å². The summed E-state index contributed by atoms with van der Waals surface area (Å²) in [7, 11) is 0. The molecule has 4 heterocycles. The molecule has 1 N–H and O–H groups in total. The van der Waals surface area contributed by atoms with Crippen molar-refractivity contribution >= 4 is 17.7 Å². The Kier molecular flexibility index (Phi) is 8.60. The summed E-state index contributed by atoms with van der Waals surface area (Å²) < 4.78 is 35.5. The summed E-state index contributed by atoms with van der Waals surface area (Å²) in [6, 6.07) is 10.6. The van der Waals surface area contributed by atoms with Gasteiger partial charge in [0, 0.05) is 36.9 Å². The molecular formula is C27H30F2N4O3S. The van der Waals surface area contributed by atoms with Crippen LogP contribution < -0.4 is 14.8 Å². The van der Waals surface area contributed by atoms with Crippen molar-refractivity contribution < 1.29 is 23.0 Å². The molecule has 0 bridgehead atoms. The molecular weight excluding hydrogens is 498 g/mol. The highest BCUT2D eigenvalue weighted by molar-refractivity contribution is 7.99. The van der Waals surface area contributed by atoms with Gasteiger partial charge in [0.1, 0.15) is 0 Å². The molecule has 0 fully saturated rings. The molecule has 0 spiro atoms. The first kappa shape index (κ1) is 26.8. The van der Waals surface area contributed by atoms with Crippen molar-refractivity contribution in [3.8, 4) is 11.5 Å². The minimum Gasteiger partial charge on any atom is -0.395 e. The topological polar surface area (TPSA) is 76.6 Å². The number of rotatable bonds is 7. The number of ether oxygens (including phenoxy) is 2. The SMILES string of the molecule is CCC.CCSc1ccc(CNC(=O)c2cnc3c(c2)CN(Cc2ccc4c(c2)OC(F)(F)O4)C3)nc1. The van der Waals surface area contributed by atoms with E-state index in [0.717, 1.165) is 33.2 Å². The van der Waals surface area contributed by atoms with Crippen molar-refractivity contribution in [1.29, 1.82) is 0 Å². The van der Waals surface area contributed by atoms with Gasteiger partial charge in [0.05, 0.1) is 23.5 Å². The van der Waals surface area contributed by atoms with Crippen LogP contribution in [-0.2, 0) is 26.2 Å². The number of carbonyl (C=O) groups is 1. The van der Waals surface area contributed by atoms with Crippen molar-refractivity contribution in [2.45, 2.75) is 64.6 Å². The summed E-state index contributed by atoms with van der Waals surface area (Å²) in [5.74, 6) is 0.835. The molecule has 196 valence electrons. The second kappa shape index (κ2) is 11.9. The number of hydrogen-bond acceptors (Lipinski definition) is 7. The lowest BCUT2D eigenvalue weighted by Gasteiger charge is -2.14. The Morgan fingerprint density at radius 1 is 1.05 bits per heavy atom. The Balaban J connectivity index is 0.00000102. The number of pyridine rings is 2. The van der Waals surface area contributed by atoms with Crippen molar-refractivity contribution in [3.05, 3.63) is 76.9 Å². The molecule has 3 aromatic rings. The number of carbonyl (C=O) groups excluding carboxylic acids is 1. The summed E-state index contributed by atoms with van der Waals surface area (Å²) in [5, 5.41) is 2.89. The minimum atomic E-state index is -3.63. The normalized spacial score (nSPS) is 15.1.